The third-order valence-corrected chi connectivity index (χ3v) is 5.59. The van der Waals surface area contributed by atoms with Gasteiger partial charge in [-0.3, -0.25) is 4.79 Å². The van der Waals surface area contributed by atoms with Crippen molar-refractivity contribution in [3.05, 3.63) is 59.1 Å². The number of hydrogen-bond donors (Lipinski definition) is 0. The van der Waals surface area contributed by atoms with Crippen LogP contribution in [0.5, 0.6) is 0 Å². The quantitative estimate of drug-likeness (QED) is 0.848. The van der Waals surface area contributed by atoms with E-state index in [2.05, 4.69) is 0 Å². The molecule has 2 aromatic rings. The number of nitrogens with zero attached hydrogens (tertiary/aromatic N) is 1. The van der Waals surface area contributed by atoms with Gasteiger partial charge in [-0.2, -0.15) is 0 Å². The molecule has 0 aliphatic carbocycles. The molecule has 2 aromatic carbocycles. The second kappa shape index (κ2) is 5.74. The van der Waals surface area contributed by atoms with Crippen molar-refractivity contribution < 1.29 is 13.2 Å². The van der Waals surface area contributed by atoms with E-state index in [-0.39, 0.29) is 29.5 Å². The fraction of sp³-hybridized carbons (Fsp3) is 0.188. The number of carbonyl (C=O) groups excluding carboxylic acids is 1. The van der Waals surface area contributed by atoms with Gasteiger partial charge in [0.25, 0.3) is 0 Å². The number of hydrogen-bond acceptors (Lipinski definition) is 3. The Kier molecular flexibility index (Phi) is 3.93. The van der Waals surface area contributed by atoms with Crippen LogP contribution < -0.4 is 4.90 Å². The van der Waals surface area contributed by atoms with Gasteiger partial charge >= 0.3 is 0 Å². The molecular weight excluding hydrogens is 322 g/mol. The van der Waals surface area contributed by atoms with Crippen molar-refractivity contribution >= 4 is 33.0 Å². The van der Waals surface area contributed by atoms with Gasteiger partial charge in [0, 0.05) is 11.6 Å². The number of para-hydroxylation sites is 1. The molecule has 0 saturated heterocycles. The molecule has 0 saturated carbocycles. The van der Waals surface area contributed by atoms with Crippen LogP contribution in [-0.4, -0.2) is 26.6 Å². The molecule has 1 heterocycles. The smallest absolute Gasteiger partial charge is 0.231 e. The Morgan fingerprint density at radius 3 is 2.68 bits per heavy atom. The third kappa shape index (κ3) is 2.87. The molecule has 0 atom stereocenters. The SMILES string of the molecule is O=C(Cc1cccc(Cl)c1)N1CCS(=O)(=O)c2ccccc21. The van der Waals surface area contributed by atoms with Crippen LogP contribution in [0.25, 0.3) is 0 Å². The number of amides is 1. The van der Waals surface area contributed by atoms with E-state index in [0.717, 1.165) is 5.56 Å². The molecule has 114 valence electrons. The van der Waals surface area contributed by atoms with Crippen molar-refractivity contribution in [2.24, 2.45) is 0 Å². The van der Waals surface area contributed by atoms with Gasteiger partial charge in [0.2, 0.25) is 5.91 Å². The van der Waals surface area contributed by atoms with E-state index in [1.807, 2.05) is 6.07 Å². The second-order valence-corrected chi connectivity index (χ2v) is 7.65. The van der Waals surface area contributed by atoms with E-state index in [1.54, 1.807) is 42.5 Å². The molecule has 1 amide bonds. The van der Waals surface area contributed by atoms with Crippen LogP contribution in [0.15, 0.2) is 53.4 Å². The lowest BCUT2D eigenvalue weighted by molar-refractivity contribution is -0.118. The molecular formula is C16H14ClNO3S. The van der Waals surface area contributed by atoms with Crippen LogP contribution in [-0.2, 0) is 21.1 Å². The minimum absolute atomic E-state index is 0.0503. The minimum Gasteiger partial charge on any atom is -0.310 e. The monoisotopic (exact) mass is 335 g/mol. The first-order valence-corrected chi connectivity index (χ1v) is 8.87. The van der Waals surface area contributed by atoms with Gasteiger partial charge in [0.15, 0.2) is 9.84 Å². The first-order valence-electron chi connectivity index (χ1n) is 6.84. The summed E-state index contributed by atoms with van der Waals surface area (Å²) < 4.78 is 24.2. The number of fused-ring (bicyclic) bond motifs is 1. The number of carbonyl (C=O) groups is 1. The Labute approximate surface area is 134 Å². The Hall–Kier alpha value is -1.85. The molecule has 6 heteroatoms. The third-order valence-electron chi connectivity index (χ3n) is 3.62. The van der Waals surface area contributed by atoms with Gasteiger partial charge in [0.05, 0.1) is 22.8 Å². The first-order chi connectivity index (χ1) is 10.5. The Bertz CT molecular complexity index is 833. The molecule has 0 N–H and O–H groups in total. The fourth-order valence-electron chi connectivity index (χ4n) is 2.56. The number of halogens is 1. The van der Waals surface area contributed by atoms with Gasteiger partial charge in [-0.15, -0.1) is 0 Å². The summed E-state index contributed by atoms with van der Waals surface area (Å²) in [5.41, 5.74) is 1.27. The second-order valence-electron chi connectivity index (χ2n) is 5.14. The van der Waals surface area contributed by atoms with Crippen molar-refractivity contribution in [1.82, 2.24) is 0 Å². The van der Waals surface area contributed by atoms with E-state index in [4.69, 9.17) is 11.6 Å². The summed E-state index contributed by atoms with van der Waals surface area (Å²) in [6.45, 7) is 0.179. The van der Waals surface area contributed by atoms with Crippen molar-refractivity contribution in [3.8, 4) is 0 Å². The molecule has 1 aliphatic heterocycles. The standard InChI is InChI=1S/C16H14ClNO3S/c17-13-5-3-4-12(10-13)11-16(19)18-8-9-22(20,21)15-7-2-1-6-14(15)18/h1-7,10H,8-9,11H2. The number of sulfone groups is 1. The highest BCUT2D eigenvalue weighted by Crippen LogP contribution is 2.30. The number of rotatable bonds is 2. The van der Waals surface area contributed by atoms with E-state index in [9.17, 15) is 13.2 Å². The molecule has 0 radical (unpaired) electrons. The van der Waals surface area contributed by atoms with Gasteiger partial charge in [-0.1, -0.05) is 35.9 Å². The number of benzene rings is 2. The van der Waals surface area contributed by atoms with Crippen molar-refractivity contribution in [2.75, 3.05) is 17.2 Å². The molecule has 0 spiro atoms. The molecule has 0 fully saturated rings. The van der Waals surface area contributed by atoms with E-state index in [1.165, 1.54) is 4.90 Å². The number of anilines is 1. The summed E-state index contributed by atoms with van der Waals surface area (Å²) in [6.07, 6.45) is 0.189. The Morgan fingerprint density at radius 1 is 1.14 bits per heavy atom. The lowest BCUT2D eigenvalue weighted by Gasteiger charge is -2.29. The fourth-order valence-corrected chi connectivity index (χ4v) is 4.20. The van der Waals surface area contributed by atoms with E-state index in [0.29, 0.717) is 10.7 Å². The summed E-state index contributed by atoms with van der Waals surface area (Å²) in [5.74, 6) is -0.185. The van der Waals surface area contributed by atoms with Gasteiger partial charge in [-0.05, 0) is 29.8 Å². The minimum atomic E-state index is -3.30. The molecule has 3 rings (SSSR count). The van der Waals surface area contributed by atoms with Crippen molar-refractivity contribution in [1.29, 1.82) is 0 Å². The largest absolute Gasteiger partial charge is 0.310 e. The summed E-state index contributed by atoms with van der Waals surface area (Å²) in [4.78, 5) is 14.3. The van der Waals surface area contributed by atoms with Crippen LogP contribution in [0.2, 0.25) is 5.02 Å². The van der Waals surface area contributed by atoms with E-state index >= 15 is 0 Å². The molecule has 1 aliphatic rings. The Balaban J connectivity index is 1.91. The first kappa shape index (κ1) is 15.1. The topological polar surface area (TPSA) is 54.5 Å². The average Bonchev–Trinajstić information content (AvgIpc) is 2.47. The van der Waals surface area contributed by atoms with Crippen LogP contribution in [0.1, 0.15) is 5.56 Å². The van der Waals surface area contributed by atoms with Crippen LogP contribution in [0.4, 0.5) is 5.69 Å². The van der Waals surface area contributed by atoms with Crippen molar-refractivity contribution in [2.45, 2.75) is 11.3 Å². The maximum atomic E-state index is 12.5. The highest BCUT2D eigenvalue weighted by molar-refractivity contribution is 7.91. The molecule has 0 aromatic heterocycles. The Morgan fingerprint density at radius 2 is 1.91 bits per heavy atom. The maximum Gasteiger partial charge on any atom is 0.231 e. The van der Waals surface area contributed by atoms with E-state index < -0.39 is 9.84 Å². The maximum absolute atomic E-state index is 12.5. The van der Waals surface area contributed by atoms with Crippen LogP contribution >= 0.6 is 11.6 Å². The lowest BCUT2D eigenvalue weighted by Crippen LogP contribution is -2.40. The van der Waals surface area contributed by atoms with Gasteiger partial charge < -0.3 is 4.90 Å². The lowest BCUT2D eigenvalue weighted by atomic mass is 10.1. The predicted molar refractivity (Wildman–Crippen MR) is 86.0 cm³/mol. The molecule has 22 heavy (non-hydrogen) atoms. The zero-order valence-electron chi connectivity index (χ0n) is 11.7. The van der Waals surface area contributed by atoms with Crippen molar-refractivity contribution in [3.63, 3.8) is 0 Å². The van der Waals surface area contributed by atoms with Crippen LogP contribution in [0.3, 0.4) is 0 Å². The summed E-state index contributed by atoms with van der Waals surface area (Å²) in [7, 11) is -3.30. The highest BCUT2D eigenvalue weighted by Gasteiger charge is 2.31. The average molecular weight is 336 g/mol. The molecule has 0 unspecified atom stereocenters. The zero-order chi connectivity index (χ0) is 15.7. The molecule has 4 nitrogen and oxygen atoms in total. The highest BCUT2D eigenvalue weighted by atomic mass is 35.5. The van der Waals surface area contributed by atoms with Gasteiger partial charge in [-0.25, -0.2) is 8.42 Å². The van der Waals surface area contributed by atoms with Crippen LogP contribution in [0, 0.1) is 0 Å². The summed E-state index contributed by atoms with van der Waals surface area (Å²) in [6, 6.07) is 13.7. The summed E-state index contributed by atoms with van der Waals surface area (Å²) >= 11 is 5.93. The zero-order valence-corrected chi connectivity index (χ0v) is 13.3. The summed E-state index contributed by atoms with van der Waals surface area (Å²) in [5, 5.41) is 0.576. The predicted octanol–water partition coefficient (Wildman–Crippen LogP) is 2.70. The normalized spacial score (nSPS) is 16.1. The molecule has 0 bridgehead atoms. The van der Waals surface area contributed by atoms with Gasteiger partial charge in [0.1, 0.15) is 0 Å².